The van der Waals surface area contributed by atoms with E-state index in [1.807, 2.05) is 12.3 Å². The zero-order valence-electron chi connectivity index (χ0n) is 11.5. The molecule has 1 heterocycles. The zero-order valence-corrected chi connectivity index (χ0v) is 11.5. The van der Waals surface area contributed by atoms with E-state index < -0.39 is 0 Å². The summed E-state index contributed by atoms with van der Waals surface area (Å²) in [4.78, 5) is 4.44. The quantitative estimate of drug-likeness (QED) is 0.859. The van der Waals surface area contributed by atoms with Crippen LogP contribution in [0.3, 0.4) is 0 Å². The summed E-state index contributed by atoms with van der Waals surface area (Å²) in [5, 5.41) is 4.78. The molecule has 2 nitrogen and oxygen atoms in total. The Morgan fingerprint density at radius 2 is 2.06 bits per heavy atom. The Labute approximate surface area is 109 Å². The molecule has 0 spiro atoms. The average molecular weight is 242 g/mol. The van der Waals surface area contributed by atoms with Gasteiger partial charge in [-0.25, -0.2) is 0 Å². The molecule has 2 aromatic rings. The Hall–Kier alpha value is -1.41. The molecule has 0 bridgehead atoms. The molecular formula is C16H22N2. The highest BCUT2D eigenvalue weighted by molar-refractivity contribution is 5.78. The first kappa shape index (κ1) is 13.0. The van der Waals surface area contributed by atoms with Gasteiger partial charge in [-0.1, -0.05) is 39.0 Å². The van der Waals surface area contributed by atoms with E-state index in [1.54, 1.807) is 0 Å². The summed E-state index contributed by atoms with van der Waals surface area (Å²) in [7, 11) is 0. The minimum absolute atomic E-state index is 0.432. The number of fused-ring (bicyclic) bond motifs is 1. The van der Waals surface area contributed by atoms with Gasteiger partial charge in [0, 0.05) is 17.6 Å². The van der Waals surface area contributed by atoms with Crippen molar-refractivity contribution >= 4 is 10.9 Å². The molecule has 1 aromatic heterocycles. The van der Waals surface area contributed by atoms with Gasteiger partial charge in [0.05, 0.1) is 5.52 Å². The number of hydrogen-bond acceptors (Lipinski definition) is 2. The fourth-order valence-corrected chi connectivity index (χ4v) is 2.36. The lowest BCUT2D eigenvalue weighted by atomic mass is 9.96. The van der Waals surface area contributed by atoms with Crippen molar-refractivity contribution in [3.63, 3.8) is 0 Å². The van der Waals surface area contributed by atoms with Gasteiger partial charge in [-0.15, -0.1) is 0 Å². The van der Waals surface area contributed by atoms with Crippen molar-refractivity contribution in [1.82, 2.24) is 10.3 Å². The molecule has 1 N–H and O–H groups in total. The minimum Gasteiger partial charge on any atom is -0.310 e. The van der Waals surface area contributed by atoms with Crippen LogP contribution in [0.4, 0.5) is 0 Å². The number of rotatable bonds is 5. The van der Waals surface area contributed by atoms with Crippen LogP contribution in [0.5, 0.6) is 0 Å². The second-order valence-corrected chi connectivity index (χ2v) is 5.20. The smallest absolute Gasteiger partial charge is 0.0705 e. The number of hydrogen-bond donors (Lipinski definition) is 1. The molecule has 0 radical (unpaired) electrons. The highest BCUT2D eigenvalue weighted by Crippen LogP contribution is 2.24. The summed E-state index contributed by atoms with van der Waals surface area (Å²) in [6.45, 7) is 7.69. The summed E-state index contributed by atoms with van der Waals surface area (Å²) in [5.41, 5.74) is 2.43. The number of benzene rings is 1. The van der Waals surface area contributed by atoms with Crippen molar-refractivity contribution in [1.29, 1.82) is 0 Å². The van der Waals surface area contributed by atoms with E-state index in [4.69, 9.17) is 0 Å². The standard InChI is InChI=1S/C16H22N2/c1-4-17-15(10-12(2)3)14-8-7-13-6-5-9-18-16(13)11-14/h5-9,11-12,15,17H,4,10H2,1-3H3. The van der Waals surface area contributed by atoms with E-state index in [0.717, 1.165) is 18.5 Å². The number of nitrogens with zero attached hydrogens (tertiary/aromatic N) is 1. The maximum atomic E-state index is 4.44. The van der Waals surface area contributed by atoms with Crippen LogP contribution < -0.4 is 5.32 Å². The molecule has 0 saturated carbocycles. The van der Waals surface area contributed by atoms with Gasteiger partial charge in [0.2, 0.25) is 0 Å². The van der Waals surface area contributed by atoms with Gasteiger partial charge in [0.1, 0.15) is 0 Å². The van der Waals surface area contributed by atoms with Gasteiger partial charge in [-0.05, 0) is 36.6 Å². The molecule has 1 aromatic carbocycles. The second kappa shape index (κ2) is 5.96. The summed E-state index contributed by atoms with van der Waals surface area (Å²) < 4.78 is 0. The Bertz CT molecular complexity index is 505. The van der Waals surface area contributed by atoms with Crippen molar-refractivity contribution < 1.29 is 0 Å². The van der Waals surface area contributed by atoms with E-state index >= 15 is 0 Å². The molecule has 18 heavy (non-hydrogen) atoms. The maximum Gasteiger partial charge on any atom is 0.0705 e. The third-order valence-electron chi connectivity index (χ3n) is 3.19. The van der Waals surface area contributed by atoms with Crippen LogP contribution in [-0.4, -0.2) is 11.5 Å². The van der Waals surface area contributed by atoms with Crippen LogP contribution in [-0.2, 0) is 0 Å². The molecule has 0 amide bonds. The molecule has 2 rings (SSSR count). The van der Waals surface area contributed by atoms with Crippen molar-refractivity contribution in [2.24, 2.45) is 5.92 Å². The molecule has 2 heteroatoms. The first-order valence-corrected chi connectivity index (χ1v) is 6.78. The Morgan fingerprint density at radius 3 is 2.78 bits per heavy atom. The van der Waals surface area contributed by atoms with Crippen LogP contribution in [0.25, 0.3) is 10.9 Å². The van der Waals surface area contributed by atoms with E-state index in [0.29, 0.717) is 12.0 Å². The van der Waals surface area contributed by atoms with E-state index in [-0.39, 0.29) is 0 Å². The number of nitrogens with one attached hydrogen (secondary N) is 1. The summed E-state index contributed by atoms with van der Waals surface area (Å²) >= 11 is 0. The zero-order chi connectivity index (χ0) is 13.0. The fraction of sp³-hybridized carbons (Fsp3) is 0.438. The van der Waals surface area contributed by atoms with Crippen LogP contribution in [0, 0.1) is 5.92 Å². The molecule has 0 saturated heterocycles. The average Bonchev–Trinajstić information content (AvgIpc) is 2.37. The lowest BCUT2D eigenvalue weighted by Crippen LogP contribution is -2.22. The Balaban J connectivity index is 2.31. The largest absolute Gasteiger partial charge is 0.310 e. The van der Waals surface area contributed by atoms with Gasteiger partial charge in [-0.2, -0.15) is 0 Å². The summed E-state index contributed by atoms with van der Waals surface area (Å²) in [6.07, 6.45) is 3.02. The SMILES string of the molecule is CCNC(CC(C)C)c1ccc2cccnc2c1. The molecule has 1 atom stereocenters. The molecule has 0 fully saturated rings. The molecule has 0 aliphatic carbocycles. The van der Waals surface area contributed by atoms with Gasteiger partial charge >= 0.3 is 0 Å². The van der Waals surface area contributed by atoms with Gasteiger partial charge < -0.3 is 5.32 Å². The van der Waals surface area contributed by atoms with Crippen molar-refractivity contribution in [2.45, 2.75) is 33.2 Å². The highest BCUT2D eigenvalue weighted by Gasteiger charge is 2.12. The molecule has 1 unspecified atom stereocenters. The topological polar surface area (TPSA) is 24.9 Å². The Morgan fingerprint density at radius 1 is 1.22 bits per heavy atom. The van der Waals surface area contributed by atoms with E-state index in [1.165, 1.54) is 10.9 Å². The van der Waals surface area contributed by atoms with Gasteiger partial charge in [0.25, 0.3) is 0 Å². The summed E-state index contributed by atoms with van der Waals surface area (Å²) in [5.74, 6) is 0.688. The van der Waals surface area contributed by atoms with Crippen molar-refractivity contribution in [3.05, 3.63) is 42.1 Å². The van der Waals surface area contributed by atoms with Crippen LogP contribution in [0.2, 0.25) is 0 Å². The van der Waals surface area contributed by atoms with Gasteiger partial charge in [0.15, 0.2) is 0 Å². The Kier molecular flexibility index (Phi) is 4.32. The lowest BCUT2D eigenvalue weighted by molar-refractivity contribution is 0.439. The minimum atomic E-state index is 0.432. The summed E-state index contributed by atoms with van der Waals surface area (Å²) in [6, 6.07) is 11.1. The van der Waals surface area contributed by atoms with E-state index in [2.05, 4.69) is 55.3 Å². The monoisotopic (exact) mass is 242 g/mol. The maximum absolute atomic E-state index is 4.44. The molecule has 96 valence electrons. The first-order valence-electron chi connectivity index (χ1n) is 6.78. The number of aromatic nitrogens is 1. The fourth-order valence-electron chi connectivity index (χ4n) is 2.36. The van der Waals surface area contributed by atoms with Crippen LogP contribution in [0.15, 0.2) is 36.5 Å². The first-order chi connectivity index (χ1) is 8.70. The normalized spacial score (nSPS) is 13.1. The third-order valence-corrected chi connectivity index (χ3v) is 3.19. The van der Waals surface area contributed by atoms with Crippen molar-refractivity contribution in [3.8, 4) is 0 Å². The predicted molar refractivity (Wildman–Crippen MR) is 77.6 cm³/mol. The highest BCUT2D eigenvalue weighted by atomic mass is 14.9. The van der Waals surface area contributed by atoms with Crippen LogP contribution >= 0.6 is 0 Å². The molecule has 0 aliphatic rings. The van der Waals surface area contributed by atoms with Gasteiger partial charge in [-0.3, -0.25) is 4.98 Å². The van der Waals surface area contributed by atoms with Crippen LogP contribution in [0.1, 0.15) is 38.8 Å². The van der Waals surface area contributed by atoms with Crippen molar-refractivity contribution in [2.75, 3.05) is 6.54 Å². The second-order valence-electron chi connectivity index (χ2n) is 5.20. The van der Waals surface area contributed by atoms with E-state index in [9.17, 15) is 0 Å². The third kappa shape index (κ3) is 3.08. The molecule has 0 aliphatic heterocycles. The predicted octanol–water partition coefficient (Wildman–Crippen LogP) is 3.93. The molecular weight excluding hydrogens is 220 g/mol. The lowest BCUT2D eigenvalue weighted by Gasteiger charge is -2.20. The number of pyridine rings is 1.